The van der Waals surface area contributed by atoms with E-state index < -0.39 is 0 Å². The zero-order valence-electron chi connectivity index (χ0n) is 10.5. The van der Waals surface area contributed by atoms with Gasteiger partial charge in [0.25, 0.3) is 0 Å². The lowest BCUT2D eigenvalue weighted by molar-refractivity contribution is -0.125. The lowest BCUT2D eigenvalue weighted by Crippen LogP contribution is -2.27. The summed E-state index contributed by atoms with van der Waals surface area (Å²) < 4.78 is 5.37. The van der Waals surface area contributed by atoms with Crippen molar-refractivity contribution in [3.05, 3.63) is 23.0 Å². The standard InChI is InChI=1S/C12H17ClN2O2/c1-8-5-6-14-11(13)10(8)15-9(16)7-17-12(2,3)4/h5-6H,7H2,1-4H3,(H,15,16). The fraction of sp³-hybridized carbons (Fsp3) is 0.500. The Bertz CT molecular complexity index is 393. The Morgan fingerprint density at radius 2 is 2.18 bits per heavy atom. The lowest BCUT2D eigenvalue weighted by atomic mass is 10.2. The van der Waals surface area contributed by atoms with Gasteiger partial charge in [0.1, 0.15) is 6.61 Å². The van der Waals surface area contributed by atoms with Crippen molar-refractivity contribution in [2.45, 2.75) is 33.3 Å². The molecule has 1 heterocycles. The Labute approximate surface area is 106 Å². The molecular formula is C12H17ClN2O2. The molecule has 0 aromatic carbocycles. The SMILES string of the molecule is Cc1ccnc(Cl)c1NC(=O)COC(C)(C)C. The van der Waals surface area contributed by atoms with Crippen LogP contribution in [0.2, 0.25) is 5.15 Å². The molecule has 0 radical (unpaired) electrons. The molecule has 0 aliphatic heterocycles. The monoisotopic (exact) mass is 256 g/mol. The van der Waals surface area contributed by atoms with Crippen molar-refractivity contribution >= 4 is 23.2 Å². The van der Waals surface area contributed by atoms with Gasteiger partial charge in [-0.3, -0.25) is 4.79 Å². The molecular weight excluding hydrogens is 240 g/mol. The van der Waals surface area contributed by atoms with Gasteiger partial charge in [-0.15, -0.1) is 0 Å². The van der Waals surface area contributed by atoms with Crippen LogP contribution >= 0.6 is 11.6 Å². The maximum Gasteiger partial charge on any atom is 0.250 e. The Morgan fingerprint density at radius 1 is 1.53 bits per heavy atom. The molecule has 0 fully saturated rings. The van der Waals surface area contributed by atoms with Gasteiger partial charge in [-0.05, 0) is 39.3 Å². The third-order valence-corrected chi connectivity index (χ3v) is 2.30. The highest BCUT2D eigenvalue weighted by molar-refractivity contribution is 6.32. The number of aryl methyl sites for hydroxylation is 1. The van der Waals surface area contributed by atoms with Gasteiger partial charge >= 0.3 is 0 Å². The van der Waals surface area contributed by atoms with Gasteiger partial charge in [-0.1, -0.05) is 11.6 Å². The van der Waals surface area contributed by atoms with E-state index in [0.29, 0.717) is 5.69 Å². The van der Waals surface area contributed by atoms with Crippen LogP contribution in [0.3, 0.4) is 0 Å². The van der Waals surface area contributed by atoms with E-state index in [1.165, 1.54) is 0 Å². The Hall–Kier alpha value is -1.13. The molecule has 17 heavy (non-hydrogen) atoms. The van der Waals surface area contributed by atoms with E-state index in [1.807, 2.05) is 27.7 Å². The topological polar surface area (TPSA) is 51.2 Å². The number of aromatic nitrogens is 1. The van der Waals surface area contributed by atoms with E-state index in [-0.39, 0.29) is 23.3 Å². The van der Waals surface area contributed by atoms with E-state index in [2.05, 4.69) is 10.3 Å². The van der Waals surface area contributed by atoms with Crippen LogP contribution in [0.4, 0.5) is 5.69 Å². The third-order valence-electron chi connectivity index (χ3n) is 2.01. The minimum atomic E-state index is -0.342. The van der Waals surface area contributed by atoms with Gasteiger partial charge in [0, 0.05) is 6.20 Å². The zero-order chi connectivity index (χ0) is 13.1. The molecule has 0 aliphatic rings. The number of nitrogens with zero attached hydrogens (tertiary/aromatic N) is 1. The summed E-state index contributed by atoms with van der Waals surface area (Å²) in [6.45, 7) is 7.52. The highest BCUT2D eigenvalue weighted by Crippen LogP contribution is 2.22. The predicted octanol–water partition coefficient (Wildman–Crippen LogP) is 2.80. The average molecular weight is 257 g/mol. The Kier molecular flexibility index (Phi) is 4.48. The number of amides is 1. The number of hydrogen-bond acceptors (Lipinski definition) is 3. The first-order valence-corrected chi connectivity index (χ1v) is 5.72. The van der Waals surface area contributed by atoms with Crippen LogP contribution in [0.1, 0.15) is 26.3 Å². The maximum atomic E-state index is 11.6. The van der Waals surface area contributed by atoms with E-state index in [9.17, 15) is 4.79 Å². The molecule has 4 nitrogen and oxygen atoms in total. The van der Waals surface area contributed by atoms with Gasteiger partial charge < -0.3 is 10.1 Å². The lowest BCUT2D eigenvalue weighted by Gasteiger charge is -2.19. The Morgan fingerprint density at radius 3 is 2.71 bits per heavy atom. The van der Waals surface area contributed by atoms with Crippen LogP contribution in [0.25, 0.3) is 0 Å². The van der Waals surface area contributed by atoms with E-state index in [1.54, 1.807) is 12.3 Å². The molecule has 0 aliphatic carbocycles. The molecule has 1 aromatic rings. The van der Waals surface area contributed by atoms with Crippen molar-refractivity contribution in [3.63, 3.8) is 0 Å². The molecule has 5 heteroatoms. The van der Waals surface area contributed by atoms with Crippen LogP contribution in [0, 0.1) is 6.92 Å². The number of pyridine rings is 1. The summed E-state index contributed by atoms with van der Waals surface area (Å²) in [5.74, 6) is -0.238. The third kappa shape index (κ3) is 4.71. The number of halogens is 1. The highest BCUT2D eigenvalue weighted by Gasteiger charge is 2.14. The first kappa shape index (κ1) is 13.9. The minimum absolute atomic E-state index is 0.00579. The number of carbonyl (C=O) groups excluding carboxylic acids is 1. The largest absolute Gasteiger partial charge is 0.366 e. The van der Waals surface area contributed by atoms with Crippen molar-refractivity contribution in [3.8, 4) is 0 Å². The summed E-state index contributed by atoms with van der Waals surface area (Å²) in [7, 11) is 0. The van der Waals surface area contributed by atoms with Crippen molar-refractivity contribution in [1.29, 1.82) is 0 Å². The number of anilines is 1. The number of rotatable bonds is 3. The van der Waals surface area contributed by atoms with Crippen molar-refractivity contribution in [2.75, 3.05) is 11.9 Å². The zero-order valence-corrected chi connectivity index (χ0v) is 11.3. The van der Waals surface area contributed by atoms with Crippen molar-refractivity contribution in [1.82, 2.24) is 4.98 Å². The molecule has 0 atom stereocenters. The Balaban J connectivity index is 2.63. The summed E-state index contributed by atoms with van der Waals surface area (Å²) in [4.78, 5) is 15.6. The maximum absolute atomic E-state index is 11.6. The van der Waals surface area contributed by atoms with Crippen LogP contribution in [0.15, 0.2) is 12.3 Å². The number of hydrogen-bond donors (Lipinski definition) is 1. The molecule has 1 aromatic heterocycles. The second-order valence-corrected chi connectivity index (χ2v) is 5.10. The molecule has 0 saturated heterocycles. The second kappa shape index (κ2) is 5.47. The smallest absolute Gasteiger partial charge is 0.250 e. The fourth-order valence-corrected chi connectivity index (χ4v) is 1.39. The van der Waals surface area contributed by atoms with Crippen LogP contribution < -0.4 is 5.32 Å². The first-order valence-electron chi connectivity index (χ1n) is 5.34. The van der Waals surface area contributed by atoms with Crippen LogP contribution in [0.5, 0.6) is 0 Å². The number of carbonyl (C=O) groups is 1. The van der Waals surface area contributed by atoms with E-state index in [4.69, 9.17) is 16.3 Å². The molecule has 0 saturated carbocycles. The molecule has 1 rings (SSSR count). The van der Waals surface area contributed by atoms with Crippen molar-refractivity contribution in [2.24, 2.45) is 0 Å². The van der Waals surface area contributed by atoms with E-state index >= 15 is 0 Å². The average Bonchev–Trinajstić information content (AvgIpc) is 2.20. The fourth-order valence-electron chi connectivity index (χ4n) is 1.13. The van der Waals surface area contributed by atoms with Crippen LogP contribution in [-0.2, 0) is 9.53 Å². The van der Waals surface area contributed by atoms with E-state index in [0.717, 1.165) is 5.56 Å². The minimum Gasteiger partial charge on any atom is -0.366 e. The summed E-state index contributed by atoms with van der Waals surface area (Å²) in [6.07, 6.45) is 1.60. The van der Waals surface area contributed by atoms with Gasteiger partial charge in [-0.25, -0.2) is 4.98 Å². The molecule has 94 valence electrons. The summed E-state index contributed by atoms with van der Waals surface area (Å²) in [5.41, 5.74) is 1.07. The quantitative estimate of drug-likeness (QED) is 0.846. The molecule has 0 spiro atoms. The summed E-state index contributed by atoms with van der Waals surface area (Å²) >= 11 is 5.90. The second-order valence-electron chi connectivity index (χ2n) is 4.74. The molecule has 1 N–H and O–H groups in total. The van der Waals surface area contributed by atoms with Gasteiger partial charge in [-0.2, -0.15) is 0 Å². The summed E-state index contributed by atoms with van der Waals surface area (Å²) in [5, 5.41) is 2.98. The molecule has 0 unspecified atom stereocenters. The first-order chi connectivity index (χ1) is 7.79. The summed E-state index contributed by atoms with van der Waals surface area (Å²) in [6, 6.07) is 1.78. The van der Waals surface area contributed by atoms with Crippen LogP contribution in [-0.4, -0.2) is 23.1 Å². The van der Waals surface area contributed by atoms with Crippen molar-refractivity contribution < 1.29 is 9.53 Å². The molecule has 1 amide bonds. The van der Waals surface area contributed by atoms with Gasteiger partial charge in [0.15, 0.2) is 5.15 Å². The number of nitrogens with one attached hydrogen (secondary N) is 1. The molecule has 0 bridgehead atoms. The number of ether oxygens (including phenoxy) is 1. The van der Waals surface area contributed by atoms with Gasteiger partial charge in [0.2, 0.25) is 5.91 Å². The predicted molar refractivity (Wildman–Crippen MR) is 68.3 cm³/mol. The normalized spacial score (nSPS) is 11.4. The highest BCUT2D eigenvalue weighted by atomic mass is 35.5. The van der Waals surface area contributed by atoms with Gasteiger partial charge in [0.05, 0.1) is 11.3 Å².